The molecule has 2 atom stereocenters. The number of rotatable bonds is 4. The largest absolute Gasteiger partial charge is 0.459 e. The van der Waals surface area contributed by atoms with Gasteiger partial charge in [0.05, 0.1) is 5.92 Å². The lowest BCUT2D eigenvalue weighted by Crippen LogP contribution is -2.14. The summed E-state index contributed by atoms with van der Waals surface area (Å²) in [6.45, 7) is 1.95. The molecule has 26 heavy (non-hydrogen) atoms. The Bertz CT molecular complexity index is 776. The number of ether oxygens (including phenoxy) is 1. The molecule has 1 saturated carbocycles. The van der Waals surface area contributed by atoms with E-state index in [1.165, 1.54) is 13.8 Å². The van der Waals surface area contributed by atoms with Gasteiger partial charge in [0.1, 0.15) is 17.3 Å². The Labute approximate surface area is 147 Å². The van der Waals surface area contributed by atoms with Crippen molar-refractivity contribution in [2.75, 3.05) is 0 Å². The third-order valence-electron chi connectivity index (χ3n) is 4.17. The van der Waals surface area contributed by atoms with E-state index in [1.807, 2.05) is 0 Å². The van der Waals surface area contributed by atoms with E-state index >= 15 is 0 Å². The molecule has 0 bridgehead atoms. The van der Waals surface area contributed by atoms with Gasteiger partial charge < -0.3 is 4.74 Å². The van der Waals surface area contributed by atoms with Gasteiger partial charge in [-0.25, -0.2) is 13.8 Å². The minimum absolute atomic E-state index is 0.670. The molecule has 1 aliphatic rings. The molecule has 0 aliphatic heterocycles. The lowest BCUT2D eigenvalue weighted by molar-refractivity contribution is -0.147. The number of esters is 1. The van der Waals surface area contributed by atoms with Crippen molar-refractivity contribution in [2.45, 2.75) is 26.6 Å². The molecule has 0 saturated heterocycles. The van der Waals surface area contributed by atoms with E-state index in [-0.39, 0.29) is 0 Å². The van der Waals surface area contributed by atoms with Gasteiger partial charge in [0.15, 0.2) is 5.82 Å². The zero-order valence-corrected chi connectivity index (χ0v) is 14.0. The van der Waals surface area contributed by atoms with Crippen molar-refractivity contribution in [2.24, 2.45) is 17.3 Å². The van der Waals surface area contributed by atoms with Gasteiger partial charge in [-0.05, 0) is 11.3 Å². The summed E-state index contributed by atoms with van der Waals surface area (Å²) in [7, 11) is 0. The molecule has 0 spiro atoms. The first-order valence-electron chi connectivity index (χ1n) is 7.08. The molecule has 1 aliphatic carbocycles. The second-order valence-corrected chi connectivity index (χ2v) is 6.64. The molecule has 2 rings (SSSR count). The van der Waals surface area contributed by atoms with Crippen molar-refractivity contribution in [3.05, 3.63) is 40.2 Å². The minimum Gasteiger partial charge on any atom is -0.459 e. The summed E-state index contributed by atoms with van der Waals surface area (Å²) in [5, 5.41) is -1.40. The van der Waals surface area contributed by atoms with Gasteiger partial charge >= 0.3 is 12.1 Å². The predicted octanol–water partition coefficient (Wildman–Crippen LogP) is 4.64. The second-order valence-electron chi connectivity index (χ2n) is 6.24. The average Bonchev–Trinajstić information content (AvgIpc) is 3.07. The van der Waals surface area contributed by atoms with Crippen molar-refractivity contribution < 1.29 is 40.3 Å². The third-order valence-corrected chi connectivity index (χ3v) is 4.51. The van der Waals surface area contributed by atoms with E-state index in [2.05, 4.69) is 9.72 Å². The second kappa shape index (κ2) is 6.71. The number of hydrogen-bond donors (Lipinski definition) is 0. The first kappa shape index (κ1) is 20.5. The van der Waals surface area contributed by atoms with Gasteiger partial charge in [0, 0.05) is 0 Å². The molecular weight excluding hydrogens is 395 g/mol. The van der Waals surface area contributed by atoms with Crippen LogP contribution in [-0.4, -0.2) is 17.1 Å². The van der Waals surface area contributed by atoms with Gasteiger partial charge in [-0.3, -0.25) is 4.79 Å². The third kappa shape index (κ3) is 3.79. The van der Waals surface area contributed by atoms with Crippen LogP contribution in [0, 0.1) is 40.7 Å². The van der Waals surface area contributed by atoms with Crippen LogP contribution in [0.15, 0.2) is 11.1 Å². The smallest absolute Gasteiger partial charge is 0.426 e. The predicted molar refractivity (Wildman–Crippen MR) is 74.6 cm³/mol. The topological polar surface area (TPSA) is 39.2 Å². The highest BCUT2D eigenvalue weighted by Crippen LogP contribution is 2.60. The van der Waals surface area contributed by atoms with Crippen LogP contribution in [0.25, 0.3) is 0 Å². The quantitative estimate of drug-likeness (QED) is 0.416. The summed E-state index contributed by atoms with van der Waals surface area (Å²) >= 11 is 5.14. The Morgan fingerprint density at radius 3 is 2.31 bits per heavy atom. The Hall–Kier alpha value is -1.84. The highest BCUT2D eigenvalue weighted by Gasteiger charge is 2.62. The maximum absolute atomic E-state index is 13.5. The van der Waals surface area contributed by atoms with Crippen LogP contribution in [0.5, 0.6) is 0 Å². The maximum Gasteiger partial charge on any atom is 0.426 e. The number of carbonyl (C=O) groups excluding carboxylic acids is 1. The van der Waals surface area contributed by atoms with Crippen LogP contribution < -0.4 is 0 Å². The van der Waals surface area contributed by atoms with Gasteiger partial charge in [0.25, 0.3) is 5.95 Å². The molecule has 0 N–H and O–H groups in total. The molecule has 0 radical (unpaired) electrons. The molecule has 144 valence electrons. The number of halogens is 8. The highest BCUT2D eigenvalue weighted by atomic mass is 35.5. The molecule has 0 aromatic carbocycles. The number of pyridine rings is 1. The first-order valence-corrected chi connectivity index (χ1v) is 7.46. The van der Waals surface area contributed by atoms with Crippen LogP contribution in [0.2, 0.25) is 0 Å². The van der Waals surface area contributed by atoms with E-state index in [0.29, 0.717) is 6.08 Å². The highest BCUT2D eigenvalue weighted by molar-refractivity contribution is 6.30. The van der Waals surface area contributed by atoms with Gasteiger partial charge in [-0.2, -0.15) is 22.0 Å². The number of hydrogen-bond acceptors (Lipinski definition) is 3. The fraction of sp³-hybridized carbons (Fsp3) is 0.467. The number of allylic oxidation sites excluding steroid dienone is 2. The zero-order valence-electron chi connectivity index (χ0n) is 13.2. The number of aromatic nitrogens is 1. The Morgan fingerprint density at radius 2 is 1.77 bits per heavy atom. The van der Waals surface area contributed by atoms with E-state index in [0.717, 1.165) is 0 Å². The SMILES string of the molecule is CC1(C)C(/C=C(/Cl)C(F)(F)F)C1C(=O)OCc1nc(F)c(F)c(F)c1F. The van der Waals surface area contributed by atoms with Crippen molar-refractivity contribution in [1.29, 1.82) is 0 Å². The van der Waals surface area contributed by atoms with Gasteiger partial charge in [-0.1, -0.05) is 31.5 Å². The van der Waals surface area contributed by atoms with Crippen molar-refractivity contribution >= 4 is 17.6 Å². The lowest BCUT2D eigenvalue weighted by atomic mass is 10.1. The van der Waals surface area contributed by atoms with E-state index < -0.39 is 70.1 Å². The number of alkyl halides is 3. The van der Waals surface area contributed by atoms with Crippen molar-refractivity contribution in [3.8, 4) is 0 Å². The van der Waals surface area contributed by atoms with Gasteiger partial charge in [-0.15, -0.1) is 0 Å². The first-order chi connectivity index (χ1) is 11.8. The fourth-order valence-electron chi connectivity index (χ4n) is 2.55. The van der Waals surface area contributed by atoms with Gasteiger partial charge in [0.2, 0.25) is 11.6 Å². The minimum atomic E-state index is -4.77. The summed E-state index contributed by atoms with van der Waals surface area (Å²) in [6.07, 6.45) is -4.10. The van der Waals surface area contributed by atoms with Crippen LogP contribution in [0.1, 0.15) is 19.5 Å². The van der Waals surface area contributed by atoms with Crippen molar-refractivity contribution in [3.63, 3.8) is 0 Å². The molecule has 2 unspecified atom stereocenters. The summed E-state index contributed by atoms with van der Waals surface area (Å²) in [5.41, 5.74) is -1.91. The Balaban J connectivity index is 2.10. The van der Waals surface area contributed by atoms with Crippen molar-refractivity contribution in [1.82, 2.24) is 4.98 Å². The molecule has 0 amide bonds. The van der Waals surface area contributed by atoms with Crippen LogP contribution in [-0.2, 0) is 16.1 Å². The lowest BCUT2D eigenvalue weighted by Gasteiger charge is -2.07. The van der Waals surface area contributed by atoms with Crippen LogP contribution >= 0.6 is 11.6 Å². The fourth-order valence-corrected chi connectivity index (χ4v) is 2.68. The van der Waals surface area contributed by atoms with E-state index in [4.69, 9.17) is 11.6 Å². The Morgan fingerprint density at radius 1 is 1.19 bits per heavy atom. The van der Waals surface area contributed by atoms with Crippen LogP contribution in [0.4, 0.5) is 30.7 Å². The summed E-state index contributed by atoms with van der Waals surface area (Å²) in [4.78, 5) is 14.8. The maximum atomic E-state index is 13.5. The molecule has 1 heterocycles. The number of carbonyl (C=O) groups is 1. The zero-order chi connectivity index (χ0) is 20.0. The molecule has 1 aromatic rings. The normalized spacial score (nSPS) is 22.3. The monoisotopic (exact) mass is 405 g/mol. The molecule has 3 nitrogen and oxygen atoms in total. The number of nitrogens with zero attached hydrogens (tertiary/aromatic N) is 1. The molecule has 1 aromatic heterocycles. The summed E-state index contributed by atoms with van der Waals surface area (Å²) in [5.74, 6) is -10.9. The summed E-state index contributed by atoms with van der Waals surface area (Å²) < 4.78 is 94.4. The standard InChI is InChI=1S/C15H11ClF7NO2/c1-14(2)5(3-7(16)15(21,22)23)8(14)13(25)26-4-6-9(17)10(18)11(19)12(20)24-6/h3,5,8H,4H2,1-2H3/b7-3+. The molecular formula is C15H11ClF7NO2. The van der Waals surface area contributed by atoms with Crippen LogP contribution in [0.3, 0.4) is 0 Å². The average molecular weight is 406 g/mol. The Kier molecular flexibility index (Phi) is 5.29. The van der Waals surface area contributed by atoms with E-state index in [9.17, 15) is 35.5 Å². The summed E-state index contributed by atoms with van der Waals surface area (Å²) in [6, 6.07) is 0. The molecule has 1 fully saturated rings. The molecule has 11 heteroatoms. The van der Waals surface area contributed by atoms with E-state index in [1.54, 1.807) is 0 Å².